The number of aromatic nitrogens is 3. The van der Waals surface area contributed by atoms with E-state index in [0.717, 1.165) is 64.3 Å². The Morgan fingerprint density at radius 1 is 0.973 bits per heavy atom. The molecule has 2 heterocycles. The third-order valence-electron chi connectivity index (χ3n) is 6.38. The summed E-state index contributed by atoms with van der Waals surface area (Å²) < 4.78 is 28.4. The van der Waals surface area contributed by atoms with Crippen LogP contribution in [0.3, 0.4) is 0 Å². The minimum atomic E-state index is -4.22. The lowest BCUT2D eigenvalue weighted by Crippen LogP contribution is -2.45. The zero-order valence-corrected chi connectivity index (χ0v) is 22.4. The molecule has 0 aliphatic heterocycles. The van der Waals surface area contributed by atoms with Gasteiger partial charge in [0.1, 0.15) is 11.3 Å². The molecule has 0 fully saturated rings. The second kappa shape index (κ2) is 10.7. The summed E-state index contributed by atoms with van der Waals surface area (Å²) >= 11 is 0. The Balaban J connectivity index is 1.60. The van der Waals surface area contributed by atoms with E-state index in [9.17, 15) is 18.3 Å². The van der Waals surface area contributed by atoms with E-state index in [1.807, 2.05) is 51.1 Å². The average molecular weight is 520 g/mol. The molecule has 0 saturated carbocycles. The number of fused-ring (bicyclic) bond motifs is 1. The van der Waals surface area contributed by atoms with Gasteiger partial charge < -0.3 is 9.90 Å². The van der Waals surface area contributed by atoms with Crippen molar-refractivity contribution in [3.63, 3.8) is 0 Å². The molecule has 0 spiro atoms. The standard InChI is InChI=1S/C28H32N4O4S/c1-5-6-7-26-30-27-21(4)29-20(3)18-25(27)32(26)23-12-10-22(11-13-23)16-17-31(28(33)34)37(35,36)24-14-8-19(2)9-15-24/h8-15,18H,5-7,16-17H2,1-4H3,(H,33,34)/p-1. The number of rotatable bonds is 9. The molecule has 37 heavy (non-hydrogen) atoms. The number of nitrogens with zero attached hydrogens (tertiary/aromatic N) is 4. The summed E-state index contributed by atoms with van der Waals surface area (Å²) in [6, 6.07) is 15.8. The molecule has 0 atom stereocenters. The Hall–Kier alpha value is -3.72. The van der Waals surface area contributed by atoms with Crippen LogP contribution < -0.4 is 5.11 Å². The zero-order chi connectivity index (χ0) is 26.7. The summed E-state index contributed by atoms with van der Waals surface area (Å²) in [6.07, 6.45) is 1.37. The maximum atomic E-state index is 12.9. The first kappa shape index (κ1) is 26.3. The number of carboxylic acid groups (broad SMARTS) is 1. The fraction of sp³-hybridized carbons (Fsp3) is 0.321. The molecule has 0 aliphatic carbocycles. The van der Waals surface area contributed by atoms with Crippen molar-refractivity contribution in [3.05, 3.63) is 82.9 Å². The van der Waals surface area contributed by atoms with Gasteiger partial charge in [-0.1, -0.05) is 43.2 Å². The minimum Gasteiger partial charge on any atom is -0.529 e. The molecule has 2 aromatic heterocycles. The molecule has 0 saturated heterocycles. The highest BCUT2D eigenvalue weighted by molar-refractivity contribution is 7.89. The summed E-state index contributed by atoms with van der Waals surface area (Å²) in [5, 5.41) is 11.7. The normalized spacial score (nSPS) is 11.7. The Morgan fingerprint density at radius 3 is 2.27 bits per heavy atom. The van der Waals surface area contributed by atoms with Crippen molar-refractivity contribution in [1.29, 1.82) is 0 Å². The van der Waals surface area contributed by atoms with Gasteiger partial charge in [0.05, 0.1) is 16.1 Å². The molecule has 1 amide bonds. The SMILES string of the molecule is CCCCc1nc2c(C)nc(C)cc2n1-c1ccc(CCN(C(=O)[O-])S(=O)(=O)c2ccc(C)cc2)cc1. The molecule has 0 radical (unpaired) electrons. The van der Waals surface area contributed by atoms with Crippen molar-refractivity contribution < 1.29 is 18.3 Å². The van der Waals surface area contributed by atoms with Crippen molar-refractivity contribution in [2.75, 3.05) is 6.54 Å². The van der Waals surface area contributed by atoms with Crippen LogP contribution in [-0.2, 0) is 22.9 Å². The summed E-state index contributed by atoms with van der Waals surface area (Å²) in [5.41, 5.74) is 6.31. The Kier molecular flexibility index (Phi) is 7.63. The molecular formula is C28H31N4O4S-. The molecule has 9 heteroatoms. The molecule has 0 unspecified atom stereocenters. The van der Waals surface area contributed by atoms with Crippen LogP contribution in [0.5, 0.6) is 0 Å². The summed E-state index contributed by atoms with van der Waals surface area (Å²) in [5.74, 6) is 0.965. The quantitative estimate of drug-likeness (QED) is 0.327. The first-order valence-electron chi connectivity index (χ1n) is 12.4. The smallest absolute Gasteiger partial charge is 0.265 e. The van der Waals surface area contributed by atoms with Gasteiger partial charge in [0.25, 0.3) is 10.0 Å². The van der Waals surface area contributed by atoms with Crippen LogP contribution in [0.25, 0.3) is 16.7 Å². The van der Waals surface area contributed by atoms with Gasteiger partial charge in [-0.3, -0.25) is 13.9 Å². The molecule has 194 valence electrons. The lowest BCUT2D eigenvalue weighted by molar-refractivity contribution is -0.259. The number of carbonyl (C=O) groups is 1. The topological polar surface area (TPSA) is 108 Å². The number of hydrogen-bond donors (Lipinski definition) is 0. The molecule has 8 nitrogen and oxygen atoms in total. The summed E-state index contributed by atoms with van der Waals surface area (Å²) in [4.78, 5) is 21.1. The highest BCUT2D eigenvalue weighted by atomic mass is 32.2. The van der Waals surface area contributed by atoms with E-state index in [-0.39, 0.29) is 17.9 Å². The fourth-order valence-corrected chi connectivity index (χ4v) is 5.67. The molecule has 0 aliphatic rings. The van der Waals surface area contributed by atoms with E-state index < -0.39 is 16.1 Å². The van der Waals surface area contributed by atoms with Gasteiger partial charge in [-0.2, -0.15) is 0 Å². The second-order valence-corrected chi connectivity index (χ2v) is 11.1. The average Bonchev–Trinajstić information content (AvgIpc) is 3.21. The van der Waals surface area contributed by atoms with Crippen molar-refractivity contribution in [2.24, 2.45) is 0 Å². The molecule has 4 aromatic rings. The Bertz CT molecular complexity index is 1530. The van der Waals surface area contributed by atoms with Crippen LogP contribution in [0.1, 0.15) is 48.1 Å². The molecule has 0 bridgehead atoms. The van der Waals surface area contributed by atoms with Crippen LogP contribution in [0.2, 0.25) is 0 Å². The van der Waals surface area contributed by atoms with Gasteiger partial charge in [0.2, 0.25) is 0 Å². The number of carbonyl (C=O) groups excluding carboxylic acids is 1. The number of pyridine rings is 1. The molecule has 2 aromatic carbocycles. The molecule has 0 N–H and O–H groups in total. The van der Waals surface area contributed by atoms with Crippen LogP contribution in [-0.4, -0.2) is 39.9 Å². The first-order chi connectivity index (χ1) is 17.6. The third-order valence-corrected chi connectivity index (χ3v) is 8.16. The van der Waals surface area contributed by atoms with Crippen molar-refractivity contribution in [1.82, 2.24) is 18.8 Å². The number of amides is 1. The third kappa shape index (κ3) is 5.51. The van der Waals surface area contributed by atoms with Gasteiger partial charge in [0.15, 0.2) is 6.09 Å². The van der Waals surface area contributed by atoms with Crippen molar-refractivity contribution in [2.45, 2.75) is 58.3 Å². The van der Waals surface area contributed by atoms with Crippen molar-refractivity contribution in [3.8, 4) is 5.69 Å². The van der Waals surface area contributed by atoms with Gasteiger partial charge in [-0.25, -0.2) is 13.4 Å². The van der Waals surface area contributed by atoms with Crippen molar-refractivity contribution >= 4 is 27.1 Å². The monoisotopic (exact) mass is 519 g/mol. The van der Waals surface area contributed by atoms with Gasteiger partial charge in [-0.15, -0.1) is 0 Å². The lowest BCUT2D eigenvalue weighted by atomic mass is 10.1. The minimum absolute atomic E-state index is 0.0793. The predicted molar refractivity (Wildman–Crippen MR) is 141 cm³/mol. The Morgan fingerprint density at radius 2 is 1.65 bits per heavy atom. The largest absolute Gasteiger partial charge is 0.529 e. The van der Waals surface area contributed by atoms with Crippen LogP contribution in [0.15, 0.2) is 59.5 Å². The van der Waals surface area contributed by atoms with E-state index in [2.05, 4.69) is 16.5 Å². The van der Waals surface area contributed by atoms with Gasteiger partial charge >= 0.3 is 0 Å². The van der Waals surface area contributed by atoms with Gasteiger partial charge in [-0.05, 0) is 69.5 Å². The van der Waals surface area contributed by atoms with Crippen LogP contribution in [0, 0.1) is 20.8 Å². The van der Waals surface area contributed by atoms with E-state index in [1.54, 1.807) is 12.1 Å². The predicted octanol–water partition coefficient (Wildman–Crippen LogP) is 4.27. The molecular weight excluding hydrogens is 488 g/mol. The number of benzene rings is 2. The maximum Gasteiger partial charge on any atom is 0.265 e. The number of imidazole rings is 1. The van der Waals surface area contributed by atoms with E-state index >= 15 is 0 Å². The zero-order valence-electron chi connectivity index (χ0n) is 21.6. The fourth-order valence-electron chi connectivity index (χ4n) is 4.41. The van der Waals surface area contributed by atoms with Gasteiger partial charge in [0, 0.05) is 24.3 Å². The van der Waals surface area contributed by atoms with Crippen LogP contribution in [0.4, 0.5) is 4.79 Å². The first-order valence-corrected chi connectivity index (χ1v) is 13.8. The molecule has 4 rings (SSSR count). The highest BCUT2D eigenvalue weighted by Gasteiger charge is 2.24. The lowest BCUT2D eigenvalue weighted by Gasteiger charge is -2.24. The number of aryl methyl sites for hydroxylation is 4. The van der Waals surface area contributed by atoms with E-state index in [0.29, 0.717) is 4.31 Å². The summed E-state index contributed by atoms with van der Waals surface area (Å²) in [7, 11) is -4.22. The van der Waals surface area contributed by atoms with E-state index in [4.69, 9.17) is 4.98 Å². The number of hydrogen-bond acceptors (Lipinski definition) is 6. The highest BCUT2D eigenvalue weighted by Crippen LogP contribution is 2.26. The number of sulfonamides is 1. The summed E-state index contributed by atoms with van der Waals surface area (Å²) in [6.45, 7) is 7.67. The van der Waals surface area contributed by atoms with E-state index in [1.165, 1.54) is 12.1 Å². The second-order valence-electron chi connectivity index (χ2n) is 9.26. The van der Waals surface area contributed by atoms with Crippen LogP contribution >= 0.6 is 0 Å². The Labute approximate surface area is 217 Å². The maximum absolute atomic E-state index is 12.9. The number of unbranched alkanes of at least 4 members (excludes halogenated alkanes) is 1.